The van der Waals surface area contributed by atoms with Crippen LogP contribution < -0.4 is 20.5 Å². The zero-order valence-electron chi connectivity index (χ0n) is 23.6. The van der Waals surface area contributed by atoms with Gasteiger partial charge in [-0.25, -0.2) is 9.37 Å². The van der Waals surface area contributed by atoms with Crippen LogP contribution in [0.15, 0.2) is 48.7 Å². The first-order valence-corrected chi connectivity index (χ1v) is 14.3. The minimum atomic E-state index is -4.88. The summed E-state index contributed by atoms with van der Waals surface area (Å²) in [6.45, 7) is -1.22. The fourth-order valence-corrected chi connectivity index (χ4v) is 5.67. The smallest absolute Gasteiger partial charge is 0.414 e. The largest absolute Gasteiger partial charge is 0.488 e. The van der Waals surface area contributed by atoms with Crippen molar-refractivity contribution in [3.05, 3.63) is 71.3 Å². The number of nitrogens with two attached hydrogens (primary N) is 1. The van der Waals surface area contributed by atoms with Crippen LogP contribution in [0.25, 0.3) is 22.2 Å². The minimum Gasteiger partial charge on any atom is -0.488 e. The lowest BCUT2D eigenvalue weighted by Gasteiger charge is -2.31. The van der Waals surface area contributed by atoms with Crippen molar-refractivity contribution in [3.63, 3.8) is 0 Å². The molecule has 0 unspecified atom stereocenters. The first kappa shape index (κ1) is 28.5. The molecular formula is C31H29F4N5O4. The fraction of sp³-hybridized carbons (Fsp3) is 0.387. The molecule has 4 N–H and O–H groups in total. The molecule has 2 saturated carbocycles. The highest BCUT2D eigenvalue weighted by Crippen LogP contribution is 2.52. The standard InChI is InChI=1S/C31H29F4N5O4/c1-40-13-18-10-17(11-23(25(18)39-40)44-21-8-9-21)28(41)37-14-29(42,19-4-5-19)24-12-22-27(43-15-30(22,36)31(33,34)35)26(38-24)16-2-6-20(32)7-3-16/h2-3,6-7,10-13,19,21,42H,4-5,8-9,14-15,36H2,1H3,(H,37,41)/t29-,30+/m1/s1. The number of benzene rings is 2. The van der Waals surface area contributed by atoms with E-state index in [-0.39, 0.29) is 52.4 Å². The van der Waals surface area contributed by atoms with Gasteiger partial charge < -0.3 is 25.6 Å². The molecule has 4 aromatic rings. The lowest BCUT2D eigenvalue weighted by Crippen LogP contribution is -2.52. The maximum atomic E-state index is 14.3. The molecule has 2 aliphatic carbocycles. The van der Waals surface area contributed by atoms with Gasteiger partial charge in [0.25, 0.3) is 5.91 Å². The van der Waals surface area contributed by atoms with Crippen LogP contribution in [-0.4, -0.2) is 51.2 Å². The third-order valence-corrected chi connectivity index (χ3v) is 8.50. The Balaban J connectivity index is 1.26. The number of nitrogens with one attached hydrogen (secondary N) is 1. The number of fused-ring (bicyclic) bond motifs is 2. The number of halogens is 4. The normalized spacial score (nSPS) is 21.1. The van der Waals surface area contributed by atoms with E-state index >= 15 is 0 Å². The molecule has 2 fully saturated rings. The van der Waals surface area contributed by atoms with Crippen LogP contribution in [0.5, 0.6) is 11.5 Å². The molecule has 0 radical (unpaired) electrons. The lowest BCUT2D eigenvalue weighted by molar-refractivity contribution is -0.191. The number of rotatable bonds is 8. The zero-order valence-corrected chi connectivity index (χ0v) is 23.6. The van der Waals surface area contributed by atoms with Crippen molar-refractivity contribution in [2.45, 2.75) is 49.1 Å². The Hall–Kier alpha value is -4.23. The average molecular weight is 612 g/mol. The fourth-order valence-electron chi connectivity index (χ4n) is 5.67. The predicted molar refractivity (Wildman–Crippen MR) is 150 cm³/mol. The Morgan fingerprint density at radius 1 is 1.18 bits per heavy atom. The van der Waals surface area contributed by atoms with Crippen LogP contribution in [0.3, 0.4) is 0 Å². The Morgan fingerprint density at radius 3 is 2.57 bits per heavy atom. The van der Waals surface area contributed by atoms with Crippen LogP contribution in [-0.2, 0) is 18.2 Å². The number of carbonyl (C=O) groups excluding carboxylic acids is 1. The van der Waals surface area contributed by atoms with E-state index < -0.39 is 35.6 Å². The van der Waals surface area contributed by atoms with Gasteiger partial charge in [-0.05, 0) is 74.1 Å². The quantitative estimate of drug-likeness (QED) is 0.252. The topological polar surface area (TPSA) is 125 Å². The van der Waals surface area contributed by atoms with E-state index in [9.17, 15) is 27.5 Å². The molecule has 2 aromatic heterocycles. The highest BCUT2D eigenvalue weighted by Gasteiger charge is 2.59. The third-order valence-electron chi connectivity index (χ3n) is 8.50. The Labute approximate surface area is 249 Å². The van der Waals surface area contributed by atoms with Crippen LogP contribution in [0.1, 0.15) is 47.3 Å². The molecule has 2 aromatic carbocycles. The molecule has 44 heavy (non-hydrogen) atoms. The summed E-state index contributed by atoms with van der Waals surface area (Å²) in [7, 11) is 1.76. The summed E-state index contributed by atoms with van der Waals surface area (Å²) in [5.74, 6) is -1.15. The second-order valence-corrected chi connectivity index (χ2v) is 11.9. The molecule has 0 bridgehead atoms. The van der Waals surface area contributed by atoms with Crippen LogP contribution in [0.4, 0.5) is 17.6 Å². The first-order chi connectivity index (χ1) is 20.9. The highest BCUT2D eigenvalue weighted by atomic mass is 19.4. The minimum absolute atomic E-state index is 0.0108. The van der Waals surface area contributed by atoms with Crippen molar-refractivity contribution in [1.29, 1.82) is 0 Å². The molecular weight excluding hydrogens is 582 g/mol. The number of amides is 1. The maximum Gasteiger partial charge on any atom is 0.414 e. The molecule has 3 aliphatic rings. The van der Waals surface area contributed by atoms with Crippen molar-refractivity contribution >= 4 is 16.8 Å². The summed E-state index contributed by atoms with van der Waals surface area (Å²) in [5.41, 5.74) is 1.91. The number of hydrogen-bond donors (Lipinski definition) is 3. The molecule has 0 spiro atoms. The van der Waals surface area contributed by atoms with Gasteiger partial charge in [-0.15, -0.1) is 0 Å². The number of aryl methyl sites for hydroxylation is 1. The van der Waals surface area contributed by atoms with Crippen molar-refractivity contribution in [2.24, 2.45) is 18.7 Å². The Morgan fingerprint density at radius 2 is 1.91 bits per heavy atom. The second-order valence-electron chi connectivity index (χ2n) is 11.9. The number of aliphatic hydroxyl groups is 1. The maximum absolute atomic E-state index is 14.3. The van der Waals surface area contributed by atoms with Gasteiger partial charge in [0.1, 0.15) is 35.0 Å². The molecule has 2 atom stereocenters. The number of pyridine rings is 1. The first-order valence-electron chi connectivity index (χ1n) is 14.3. The van der Waals surface area contributed by atoms with Gasteiger partial charge in [0.05, 0.1) is 18.3 Å². The third kappa shape index (κ3) is 4.84. The summed E-state index contributed by atoms with van der Waals surface area (Å²) in [6.07, 6.45) is -0.0845. The van der Waals surface area contributed by atoms with Crippen molar-refractivity contribution in [3.8, 4) is 22.8 Å². The summed E-state index contributed by atoms with van der Waals surface area (Å²) < 4.78 is 69.6. The van der Waals surface area contributed by atoms with E-state index in [2.05, 4.69) is 15.4 Å². The number of hydrogen-bond acceptors (Lipinski definition) is 7. The molecule has 7 rings (SSSR count). The average Bonchev–Trinajstić information content (AvgIpc) is 3.91. The van der Waals surface area contributed by atoms with Crippen LogP contribution >= 0.6 is 0 Å². The molecule has 1 amide bonds. The number of aromatic nitrogens is 3. The summed E-state index contributed by atoms with van der Waals surface area (Å²) in [4.78, 5) is 18.0. The van der Waals surface area contributed by atoms with Gasteiger partial charge in [-0.3, -0.25) is 9.48 Å². The van der Waals surface area contributed by atoms with E-state index in [1.54, 1.807) is 30.1 Å². The number of ether oxygens (including phenoxy) is 2. The van der Waals surface area contributed by atoms with E-state index in [0.717, 1.165) is 31.0 Å². The van der Waals surface area contributed by atoms with Crippen molar-refractivity contribution in [2.75, 3.05) is 13.2 Å². The van der Waals surface area contributed by atoms with Crippen molar-refractivity contribution < 1.29 is 36.9 Å². The van der Waals surface area contributed by atoms with E-state index in [4.69, 9.17) is 15.2 Å². The van der Waals surface area contributed by atoms with Gasteiger partial charge >= 0.3 is 6.18 Å². The van der Waals surface area contributed by atoms with E-state index in [0.29, 0.717) is 29.5 Å². The van der Waals surface area contributed by atoms with E-state index in [1.807, 2.05) is 0 Å². The summed E-state index contributed by atoms with van der Waals surface area (Å²) in [6, 6.07) is 9.42. The van der Waals surface area contributed by atoms with Crippen LogP contribution in [0.2, 0.25) is 0 Å². The van der Waals surface area contributed by atoms with Gasteiger partial charge in [-0.1, -0.05) is 0 Å². The number of carbonyl (C=O) groups is 1. The second kappa shape index (κ2) is 9.89. The van der Waals surface area contributed by atoms with Gasteiger partial charge in [0.15, 0.2) is 11.3 Å². The molecule has 3 heterocycles. The molecule has 9 nitrogen and oxygen atoms in total. The molecule has 1 aliphatic heterocycles. The summed E-state index contributed by atoms with van der Waals surface area (Å²) >= 11 is 0. The highest BCUT2D eigenvalue weighted by molar-refractivity contribution is 6.00. The Bertz CT molecular complexity index is 1780. The number of alkyl halides is 3. The SMILES string of the molecule is Cn1cc2cc(C(=O)NC[C@](O)(c3cc4c(c(-c5ccc(F)cc5)n3)OC[C@@]4(N)C(F)(F)F)C3CC3)cc(OC3CC3)c2n1. The summed E-state index contributed by atoms with van der Waals surface area (Å²) in [5, 5.41) is 20.0. The predicted octanol–water partition coefficient (Wildman–Crippen LogP) is 4.45. The van der Waals surface area contributed by atoms with Crippen molar-refractivity contribution in [1.82, 2.24) is 20.1 Å². The van der Waals surface area contributed by atoms with E-state index in [1.165, 1.54) is 12.1 Å². The van der Waals surface area contributed by atoms with Gasteiger partial charge in [-0.2, -0.15) is 18.3 Å². The molecule has 0 saturated heterocycles. The van der Waals surface area contributed by atoms with Gasteiger partial charge in [0.2, 0.25) is 0 Å². The lowest BCUT2D eigenvalue weighted by atomic mass is 9.86. The molecule has 230 valence electrons. The zero-order chi connectivity index (χ0) is 31.0. The van der Waals surface area contributed by atoms with Crippen LogP contribution in [0, 0.1) is 11.7 Å². The number of nitrogens with zero attached hydrogens (tertiary/aromatic N) is 3. The molecule has 13 heteroatoms. The monoisotopic (exact) mass is 611 g/mol. The Kier molecular flexibility index (Phi) is 6.42. The van der Waals surface area contributed by atoms with Gasteiger partial charge in [0, 0.05) is 35.3 Å².